The van der Waals surface area contributed by atoms with Gasteiger partial charge < -0.3 is 5.73 Å². The lowest BCUT2D eigenvalue weighted by Crippen LogP contribution is -2.27. The Kier molecular flexibility index (Phi) is 4.29. The molecule has 4 nitrogen and oxygen atoms in total. The Morgan fingerprint density at radius 1 is 1.19 bits per heavy atom. The standard InChI is InChI=1S/C15H17FN2O2S/c1-11-5-3-4-6-12(11)10-18(2)21(19,20)15-9-13(16)7-8-14(15)17/h3-9H,10,17H2,1-2H3. The molecule has 2 aromatic rings. The van der Waals surface area contributed by atoms with Crippen LogP contribution in [0.1, 0.15) is 11.1 Å². The lowest BCUT2D eigenvalue weighted by molar-refractivity contribution is 0.465. The molecule has 0 aliphatic rings. The first-order valence-electron chi connectivity index (χ1n) is 6.38. The molecule has 2 N–H and O–H groups in total. The van der Waals surface area contributed by atoms with E-state index >= 15 is 0 Å². The van der Waals surface area contributed by atoms with Crippen molar-refractivity contribution in [2.75, 3.05) is 12.8 Å². The number of hydrogen-bond acceptors (Lipinski definition) is 3. The van der Waals surface area contributed by atoms with Crippen LogP contribution in [0.15, 0.2) is 47.4 Å². The van der Waals surface area contributed by atoms with Gasteiger partial charge in [0.2, 0.25) is 10.0 Å². The van der Waals surface area contributed by atoms with Crippen LogP contribution in [-0.2, 0) is 16.6 Å². The lowest BCUT2D eigenvalue weighted by Gasteiger charge is -2.19. The first kappa shape index (κ1) is 15.5. The minimum atomic E-state index is -3.84. The number of anilines is 1. The van der Waals surface area contributed by atoms with E-state index in [-0.39, 0.29) is 17.1 Å². The molecule has 0 spiro atoms. The van der Waals surface area contributed by atoms with Crippen LogP contribution in [-0.4, -0.2) is 19.8 Å². The maximum absolute atomic E-state index is 13.3. The topological polar surface area (TPSA) is 63.4 Å². The Bertz CT molecular complexity index is 760. The molecule has 0 amide bonds. The van der Waals surface area contributed by atoms with Crippen molar-refractivity contribution in [3.05, 3.63) is 59.4 Å². The summed E-state index contributed by atoms with van der Waals surface area (Å²) in [7, 11) is -2.39. The average Bonchev–Trinajstić information content (AvgIpc) is 2.43. The van der Waals surface area contributed by atoms with Crippen molar-refractivity contribution >= 4 is 15.7 Å². The first-order chi connectivity index (χ1) is 9.82. The van der Waals surface area contributed by atoms with Crippen LogP contribution in [0.25, 0.3) is 0 Å². The maximum Gasteiger partial charge on any atom is 0.245 e. The van der Waals surface area contributed by atoms with Gasteiger partial charge in [0.05, 0.1) is 5.69 Å². The maximum atomic E-state index is 13.3. The summed E-state index contributed by atoms with van der Waals surface area (Å²) in [6.07, 6.45) is 0. The Morgan fingerprint density at radius 3 is 2.52 bits per heavy atom. The predicted octanol–water partition coefficient (Wildman–Crippen LogP) is 2.54. The molecule has 0 unspecified atom stereocenters. The Morgan fingerprint density at radius 2 is 1.86 bits per heavy atom. The molecular formula is C15H17FN2O2S. The van der Waals surface area contributed by atoms with E-state index in [2.05, 4.69) is 0 Å². The van der Waals surface area contributed by atoms with E-state index in [9.17, 15) is 12.8 Å². The molecule has 0 bridgehead atoms. The van der Waals surface area contributed by atoms with E-state index in [1.165, 1.54) is 17.4 Å². The van der Waals surface area contributed by atoms with Gasteiger partial charge in [-0.05, 0) is 36.2 Å². The van der Waals surface area contributed by atoms with Crippen molar-refractivity contribution in [3.63, 3.8) is 0 Å². The van der Waals surface area contributed by atoms with E-state index in [0.29, 0.717) is 0 Å². The van der Waals surface area contributed by atoms with Crippen molar-refractivity contribution in [2.45, 2.75) is 18.4 Å². The highest BCUT2D eigenvalue weighted by Crippen LogP contribution is 2.24. The molecule has 0 fully saturated rings. The molecule has 0 saturated heterocycles. The third-order valence-electron chi connectivity index (χ3n) is 3.32. The van der Waals surface area contributed by atoms with Crippen molar-refractivity contribution in [3.8, 4) is 0 Å². The first-order valence-corrected chi connectivity index (χ1v) is 7.82. The van der Waals surface area contributed by atoms with Crippen molar-refractivity contribution < 1.29 is 12.8 Å². The molecule has 0 radical (unpaired) electrons. The number of benzene rings is 2. The van der Waals surface area contributed by atoms with E-state index in [0.717, 1.165) is 23.3 Å². The second-order valence-electron chi connectivity index (χ2n) is 4.87. The largest absolute Gasteiger partial charge is 0.398 e. The summed E-state index contributed by atoms with van der Waals surface area (Å²) in [5, 5.41) is 0. The van der Waals surface area contributed by atoms with E-state index in [1.54, 1.807) is 0 Å². The number of aryl methyl sites for hydroxylation is 1. The van der Waals surface area contributed by atoms with Gasteiger partial charge in [0, 0.05) is 13.6 Å². The molecule has 6 heteroatoms. The third kappa shape index (κ3) is 3.22. The summed E-state index contributed by atoms with van der Waals surface area (Å²) in [5.41, 5.74) is 7.58. The van der Waals surface area contributed by atoms with Gasteiger partial charge in [0.25, 0.3) is 0 Å². The number of nitrogens with zero attached hydrogens (tertiary/aromatic N) is 1. The quantitative estimate of drug-likeness (QED) is 0.883. The van der Waals surface area contributed by atoms with Crippen molar-refractivity contribution in [1.29, 1.82) is 0 Å². The van der Waals surface area contributed by atoms with Crippen molar-refractivity contribution in [2.24, 2.45) is 0 Å². The fourth-order valence-electron chi connectivity index (χ4n) is 2.01. The highest BCUT2D eigenvalue weighted by atomic mass is 32.2. The fourth-order valence-corrected chi connectivity index (χ4v) is 3.28. The van der Waals surface area contributed by atoms with Crippen LogP contribution in [0.2, 0.25) is 0 Å². The van der Waals surface area contributed by atoms with Gasteiger partial charge >= 0.3 is 0 Å². The lowest BCUT2D eigenvalue weighted by atomic mass is 10.1. The molecule has 0 saturated carbocycles. The molecule has 2 aromatic carbocycles. The van der Waals surface area contributed by atoms with Gasteiger partial charge in [-0.25, -0.2) is 12.8 Å². The number of nitrogen functional groups attached to an aromatic ring is 1. The van der Waals surface area contributed by atoms with Crippen LogP contribution in [0.3, 0.4) is 0 Å². The van der Waals surface area contributed by atoms with Crippen LogP contribution in [0.5, 0.6) is 0 Å². The van der Waals surface area contributed by atoms with Crippen molar-refractivity contribution in [1.82, 2.24) is 4.31 Å². The molecule has 0 atom stereocenters. The number of rotatable bonds is 4. The summed E-state index contributed by atoms with van der Waals surface area (Å²) in [6.45, 7) is 2.11. The Hall–Kier alpha value is -1.92. The molecule has 0 aliphatic carbocycles. The third-order valence-corrected chi connectivity index (χ3v) is 5.18. The number of hydrogen-bond donors (Lipinski definition) is 1. The molecule has 0 heterocycles. The average molecular weight is 308 g/mol. The van der Waals surface area contributed by atoms with Gasteiger partial charge in [-0.1, -0.05) is 24.3 Å². The summed E-state index contributed by atoms with van der Waals surface area (Å²) >= 11 is 0. The fraction of sp³-hybridized carbons (Fsp3) is 0.200. The summed E-state index contributed by atoms with van der Waals surface area (Å²) in [5.74, 6) is -0.632. The Balaban J connectivity index is 2.35. The molecular weight excluding hydrogens is 291 g/mol. The normalized spacial score (nSPS) is 11.8. The summed E-state index contributed by atoms with van der Waals surface area (Å²) in [4.78, 5) is -0.210. The predicted molar refractivity (Wildman–Crippen MR) is 80.6 cm³/mol. The molecule has 112 valence electrons. The second-order valence-corrected chi connectivity index (χ2v) is 6.88. The molecule has 0 aromatic heterocycles. The SMILES string of the molecule is Cc1ccccc1CN(C)S(=O)(=O)c1cc(F)ccc1N. The number of halogens is 1. The monoisotopic (exact) mass is 308 g/mol. The van der Waals surface area contributed by atoms with Gasteiger partial charge in [0.15, 0.2) is 0 Å². The van der Waals surface area contributed by atoms with E-state index in [4.69, 9.17) is 5.73 Å². The minimum absolute atomic E-state index is 0.0352. The van der Waals surface area contributed by atoms with E-state index in [1.807, 2.05) is 31.2 Å². The Labute approximate surface area is 124 Å². The van der Waals surface area contributed by atoms with Gasteiger partial charge in [-0.2, -0.15) is 4.31 Å². The molecule has 0 aliphatic heterocycles. The zero-order valence-corrected chi connectivity index (χ0v) is 12.7. The minimum Gasteiger partial charge on any atom is -0.398 e. The van der Waals surface area contributed by atoms with Gasteiger partial charge in [-0.15, -0.1) is 0 Å². The summed E-state index contributed by atoms with van der Waals surface area (Å²) in [6, 6.07) is 10.8. The number of sulfonamides is 1. The van der Waals surface area contributed by atoms with E-state index < -0.39 is 15.8 Å². The van der Waals surface area contributed by atoms with Crippen LogP contribution < -0.4 is 5.73 Å². The second kappa shape index (κ2) is 5.83. The smallest absolute Gasteiger partial charge is 0.245 e. The highest BCUT2D eigenvalue weighted by Gasteiger charge is 2.24. The molecule has 2 rings (SSSR count). The zero-order chi connectivity index (χ0) is 15.6. The highest BCUT2D eigenvalue weighted by molar-refractivity contribution is 7.89. The number of nitrogens with two attached hydrogens (primary N) is 1. The van der Waals surface area contributed by atoms with Gasteiger partial charge in [0.1, 0.15) is 10.7 Å². The van der Waals surface area contributed by atoms with Crippen LogP contribution in [0, 0.1) is 12.7 Å². The zero-order valence-electron chi connectivity index (χ0n) is 11.9. The van der Waals surface area contributed by atoms with Crippen LogP contribution >= 0.6 is 0 Å². The van der Waals surface area contributed by atoms with Gasteiger partial charge in [-0.3, -0.25) is 0 Å². The molecule has 21 heavy (non-hydrogen) atoms. The van der Waals surface area contributed by atoms with Crippen LogP contribution in [0.4, 0.5) is 10.1 Å². The summed E-state index contributed by atoms with van der Waals surface area (Å²) < 4.78 is 39.5.